The zero-order valence-electron chi connectivity index (χ0n) is 10.6. The number of esters is 1. The van der Waals surface area contributed by atoms with Crippen molar-refractivity contribution in [3.63, 3.8) is 0 Å². The van der Waals surface area contributed by atoms with E-state index in [-0.39, 0.29) is 65.3 Å². The third kappa shape index (κ3) is 13.2. The van der Waals surface area contributed by atoms with E-state index in [2.05, 4.69) is 11.3 Å². The minimum absolute atomic E-state index is 0. The maximum atomic E-state index is 11.3. The molecule has 0 aliphatic rings. The fraction of sp³-hybridized carbons (Fsp3) is 0.400. The summed E-state index contributed by atoms with van der Waals surface area (Å²) in [5, 5.41) is 28.1. The number of carboxylic acid groups (broad SMARTS) is 3. The fourth-order valence-corrected chi connectivity index (χ4v) is 1.59. The molecule has 5 N–H and O–H groups in total. The number of carbonyl (C=O) groups is 4. The number of hydrogen-bond donors (Lipinski definition) is 3. The van der Waals surface area contributed by atoms with E-state index in [9.17, 15) is 24.3 Å². The topological polar surface area (TPSA) is 176 Å². The van der Waals surface area contributed by atoms with Gasteiger partial charge in [0, 0.05) is 0 Å². The van der Waals surface area contributed by atoms with Crippen LogP contribution < -0.4 is 11.3 Å². The molecule has 0 bridgehead atoms. The second-order valence-electron chi connectivity index (χ2n) is 3.79. The van der Waals surface area contributed by atoms with Gasteiger partial charge in [-0.2, -0.15) is 0 Å². The van der Waals surface area contributed by atoms with E-state index in [0.717, 1.165) is 6.26 Å². The Morgan fingerprint density at radius 3 is 1.68 bits per heavy atom. The van der Waals surface area contributed by atoms with Crippen LogP contribution in [0.2, 0.25) is 0 Å². The second-order valence-corrected chi connectivity index (χ2v) is 3.79. The summed E-state index contributed by atoms with van der Waals surface area (Å²) in [5.74, 6) is -5.56. The van der Waals surface area contributed by atoms with E-state index in [1.165, 1.54) is 0 Å². The number of ether oxygens (including phenoxy) is 1. The molecule has 118 valence electrons. The molecular weight excluding hydrogens is 322 g/mol. The van der Waals surface area contributed by atoms with Crippen LogP contribution in [0.1, 0.15) is 0 Å². The van der Waals surface area contributed by atoms with Crippen molar-refractivity contribution >= 4 is 83.0 Å². The third-order valence-electron chi connectivity index (χ3n) is 2.09. The van der Waals surface area contributed by atoms with Crippen LogP contribution >= 0.6 is 0 Å². The van der Waals surface area contributed by atoms with Gasteiger partial charge in [-0.05, 0) is 0 Å². The van der Waals surface area contributed by atoms with Gasteiger partial charge in [-0.15, -0.1) is 0 Å². The van der Waals surface area contributed by atoms with E-state index in [1.807, 2.05) is 0 Å². The summed E-state index contributed by atoms with van der Waals surface area (Å²) in [7, 11) is 0. The van der Waals surface area contributed by atoms with Gasteiger partial charge in [0.05, 0.1) is 12.2 Å². The van der Waals surface area contributed by atoms with Gasteiger partial charge in [0.1, 0.15) is 6.54 Å². The Morgan fingerprint density at radius 1 is 1.00 bits per heavy atom. The molecule has 12 heteroatoms. The molecule has 0 atom stereocenters. The number of quaternary nitrogens is 1. The van der Waals surface area contributed by atoms with Gasteiger partial charge in [-0.1, -0.05) is 6.58 Å². The zero-order valence-corrected chi connectivity index (χ0v) is 10.6. The van der Waals surface area contributed by atoms with Gasteiger partial charge in [0.15, 0.2) is 19.6 Å². The molecule has 0 radical (unpaired) electrons. The van der Waals surface area contributed by atoms with Crippen molar-refractivity contribution in [1.29, 1.82) is 0 Å². The molecule has 0 saturated heterocycles. The van der Waals surface area contributed by atoms with Crippen LogP contribution in [0, 0.1) is 0 Å². The summed E-state index contributed by atoms with van der Waals surface area (Å²) in [6.45, 7) is -0.312. The molecule has 0 aromatic carbocycles. The molecule has 10 nitrogen and oxygen atoms in total. The molecule has 0 rings (SSSR count). The van der Waals surface area contributed by atoms with Crippen LogP contribution in [0.25, 0.3) is 0 Å². The number of nitrogens with zero attached hydrogens (tertiary/aromatic N) is 1. The molecule has 0 spiro atoms. The van der Waals surface area contributed by atoms with E-state index in [1.54, 1.807) is 0 Å². The summed E-state index contributed by atoms with van der Waals surface area (Å²) in [5.41, 5.74) is 0. The first-order chi connectivity index (χ1) is 8.70. The van der Waals surface area contributed by atoms with Crippen LogP contribution in [-0.4, -0.2) is 124 Å². The van der Waals surface area contributed by atoms with Crippen molar-refractivity contribution in [2.24, 2.45) is 0 Å². The maximum absolute atomic E-state index is 11.3. The Hall–Kier alpha value is -0.460. The fourth-order valence-electron chi connectivity index (χ4n) is 1.59. The number of carbonyl (C=O) groups excluding carboxylic acids is 2. The molecule has 0 unspecified atom stereocenters. The van der Waals surface area contributed by atoms with Crippen LogP contribution in [-0.2, 0) is 23.9 Å². The van der Waals surface area contributed by atoms with Gasteiger partial charge in [-0.25, -0.2) is 14.4 Å². The molecule has 0 heterocycles. The summed E-state index contributed by atoms with van der Waals surface area (Å²) in [6, 6.07) is 0. The predicted octanol–water partition coefficient (Wildman–Crippen LogP) is -3.73. The Kier molecular flexibility index (Phi) is 19.0. The molecule has 0 aliphatic heterocycles. The summed E-state index contributed by atoms with van der Waals surface area (Å²) < 4.78 is 3.31. The normalized spacial score (nSPS) is 9.09. The van der Waals surface area contributed by atoms with Crippen molar-refractivity contribution in [2.45, 2.75) is 0 Å². The van der Waals surface area contributed by atoms with Gasteiger partial charge >= 0.3 is 77.0 Å². The quantitative estimate of drug-likeness (QED) is 0.165. The Morgan fingerprint density at radius 2 is 1.41 bits per heavy atom. The van der Waals surface area contributed by atoms with Crippen molar-refractivity contribution in [3.05, 3.63) is 12.8 Å². The standard InChI is InChI=1S/C10H13NO8.H3N.2Na.2H/c1-2-19-10(18)6-11(3-7(12)13,4-8(14)15)5-9(16)17;;;;;/h2H,1,3-6H2,(H2-,12,13,14,15,16,17);1H3;;;;. The summed E-state index contributed by atoms with van der Waals surface area (Å²) in [4.78, 5) is 43.4. The van der Waals surface area contributed by atoms with Gasteiger partial charge in [-0.3, -0.25) is 4.48 Å². The van der Waals surface area contributed by atoms with E-state index in [0.29, 0.717) is 0 Å². The van der Waals surface area contributed by atoms with Gasteiger partial charge in [0.25, 0.3) is 0 Å². The van der Waals surface area contributed by atoms with Crippen molar-refractivity contribution in [1.82, 2.24) is 6.15 Å². The third-order valence-corrected chi connectivity index (χ3v) is 2.09. The Bertz CT molecular complexity index is 375. The predicted molar refractivity (Wildman–Crippen MR) is 75.6 cm³/mol. The average Bonchev–Trinajstić information content (AvgIpc) is 2.12. The first kappa shape index (κ1) is 29.5. The number of aliphatic carboxylic acids is 3. The number of carboxylic acids is 3. The van der Waals surface area contributed by atoms with Crippen molar-refractivity contribution in [3.8, 4) is 0 Å². The summed E-state index contributed by atoms with van der Waals surface area (Å²) in [6.07, 6.45) is 0.775. The molecule has 0 fully saturated rings. The monoisotopic (exact) mass is 340 g/mol. The van der Waals surface area contributed by atoms with Crippen LogP contribution in [0.4, 0.5) is 0 Å². The first-order valence-corrected chi connectivity index (χ1v) is 5.00. The Balaban J connectivity index is -0.000000540. The second kappa shape index (κ2) is 14.2. The van der Waals surface area contributed by atoms with Crippen LogP contribution in [0.5, 0.6) is 0 Å². The van der Waals surface area contributed by atoms with E-state index >= 15 is 0 Å². The zero-order chi connectivity index (χ0) is 15.1. The number of hydrogen-bond acceptors (Lipinski definition) is 7. The van der Waals surface area contributed by atoms with Gasteiger partial charge < -0.3 is 31.0 Å². The van der Waals surface area contributed by atoms with E-state index < -0.39 is 54.5 Å². The molecular formula is C10H18N2Na2O8. The van der Waals surface area contributed by atoms with E-state index in [4.69, 9.17) is 10.2 Å². The minimum atomic E-state index is -1.67. The molecule has 0 saturated carbocycles. The SMILES string of the molecule is C=COC(=O)C[N+](CC(=O)[O-])(CC(=O)O)CC(=O)O.N.[NaH].[NaH]. The van der Waals surface area contributed by atoms with Gasteiger partial charge in [0.2, 0.25) is 0 Å². The van der Waals surface area contributed by atoms with Crippen molar-refractivity contribution in [2.75, 3.05) is 26.2 Å². The van der Waals surface area contributed by atoms with Crippen molar-refractivity contribution < 1.29 is 43.7 Å². The summed E-state index contributed by atoms with van der Waals surface area (Å²) >= 11 is 0. The molecule has 0 aliphatic carbocycles. The molecule has 22 heavy (non-hydrogen) atoms. The Labute approximate surface area is 170 Å². The number of rotatable bonds is 9. The first-order valence-electron chi connectivity index (χ1n) is 5.00. The average molecular weight is 340 g/mol. The molecule has 0 aromatic heterocycles. The van der Waals surface area contributed by atoms with Crippen LogP contribution in [0.3, 0.4) is 0 Å². The molecule has 0 amide bonds. The van der Waals surface area contributed by atoms with Crippen LogP contribution in [0.15, 0.2) is 12.8 Å². The molecule has 0 aromatic rings.